The summed E-state index contributed by atoms with van der Waals surface area (Å²) in [5.41, 5.74) is 2.06. The Morgan fingerprint density at radius 2 is 1.56 bits per heavy atom. The van der Waals surface area contributed by atoms with Gasteiger partial charge in [-0.3, -0.25) is 0 Å². The highest BCUT2D eigenvalue weighted by atomic mass is 16.5. The zero-order valence-electron chi connectivity index (χ0n) is 15.8. The molecule has 2 rings (SSSR count). The molecule has 1 N–H and O–H groups in total. The van der Waals surface area contributed by atoms with Gasteiger partial charge in [0.05, 0.1) is 35.7 Å². The van der Waals surface area contributed by atoms with Crippen LogP contribution in [-0.2, 0) is 0 Å². The van der Waals surface area contributed by atoms with Crippen molar-refractivity contribution in [2.24, 2.45) is 10.2 Å². The van der Waals surface area contributed by atoms with E-state index in [0.717, 1.165) is 50.0 Å². The van der Waals surface area contributed by atoms with E-state index in [1.54, 1.807) is 24.3 Å². The van der Waals surface area contributed by atoms with Gasteiger partial charge in [-0.2, -0.15) is 15.5 Å². The second-order valence-electron chi connectivity index (χ2n) is 6.49. The molecule has 0 aromatic heterocycles. The van der Waals surface area contributed by atoms with E-state index < -0.39 is 0 Å². The van der Waals surface area contributed by atoms with Gasteiger partial charge in [-0.1, -0.05) is 19.8 Å². The molecule has 5 heteroatoms. The minimum absolute atomic E-state index is 0.151. The minimum Gasteiger partial charge on any atom is -0.494 e. The highest BCUT2D eigenvalue weighted by molar-refractivity contribution is 5.44. The number of ether oxygens (including phenoxy) is 1. The molecule has 5 nitrogen and oxygen atoms in total. The summed E-state index contributed by atoms with van der Waals surface area (Å²) >= 11 is 0. The third-order valence-electron chi connectivity index (χ3n) is 4.19. The first-order valence-electron chi connectivity index (χ1n) is 9.54. The number of azo groups is 1. The SMILES string of the molecule is CCCC(O)CCCCCOc1ccc(N=Nc2ccc(C#N)cc2)cc1. The van der Waals surface area contributed by atoms with Gasteiger partial charge in [0.1, 0.15) is 5.75 Å². The van der Waals surface area contributed by atoms with Crippen LogP contribution >= 0.6 is 0 Å². The molecule has 1 unspecified atom stereocenters. The molecule has 0 radical (unpaired) electrons. The van der Waals surface area contributed by atoms with Crippen LogP contribution < -0.4 is 4.74 Å². The standard InChI is InChI=1S/C22H27N3O2/c1-2-6-21(26)7-4-3-5-16-27-22-14-12-20(13-15-22)25-24-19-10-8-18(17-23)9-11-19/h8-15,21,26H,2-7,16H2,1H3. The summed E-state index contributed by atoms with van der Waals surface area (Å²) in [7, 11) is 0. The summed E-state index contributed by atoms with van der Waals surface area (Å²) in [4.78, 5) is 0. The Kier molecular flexibility index (Phi) is 9.02. The summed E-state index contributed by atoms with van der Waals surface area (Å²) in [6, 6.07) is 16.5. The predicted molar refractivity (Wildman–Crippen MR) is 107 cm³/mol. The summed E-state index contributed by atoms with van der Waals surface area (Å²) in [6.45, 7) is 2.77. The van der Waals surface area contributed by atoms with Crippen LogP contribution in [0.15, 0.2) is 58.8 Å². The minimum atomic E-state index is -0.151. The molecule has 0 bridgehead atoms. The van der Waals surface area contributed by atoms with Crippen LogP contribution in [0.25, 0.3) is 0 Å². The van der Waals surface area contributed by atoms with Gasteiger partial charge in [-0.05, 0) is 74.2 Å². The summed E-state index contributed by atoms with van der Waals surface area (Å²) in [5.74, 6) is 0.818. The molecule has 0 amide bonds. The molecule has 0 heterocycles. The highest BCUT2D eigenvalue weighted by Gasteiger charge is 2.02. The average molecular weight is 365 g/mol. The number of nitriles is 1. The Morgan fingerprint density at radius 3 is 2.15 bits per heavy atom. The van der Waals surface area contributed by atoms with Crippen LogP contribution in [-0.4, -0.2) is 17.8 Å². The van der Waals surface area contributed by atoms with Crippen molar-refractivity contribution >= 4 is 11.4 Å². The van der Waals surface area contributed by atoms with E-state index in [2.05, 4.69) is 23.2 Å². The number of benzene rings is 2. The van der Waals surface area contributed by atoms with E-state index in [4.69, 9.17) is 10.00 Å². The second kappa shape index (κ2) is 11.8. The van der Waals surface area contributed by atoms with Gasteiger partial charge in [0.2, 0.25) is 0 Å². The van der Waals surface area contributed by atoms with Crippen LogP contribution in [0.2, 0.25) is 0 Å². The zero-order valence-corrected chi connectivity index (χ0v) is 15.8. The smallest absolute Gasteiger partial charge is 0.119 e. The summed E-state index contributed by atoms with van der Waals surface area (Å²) in [6.07, 6.45) is 5.75. The van der Waals surface area contributed by atoms with Crippen molar-refractivity contribution in [1.82, 2.24) is 0 Å². The van der Waals surface area contributed by atoms with Crippen molar-refractivity contribution in [3.8, 4) is 11.8 Å². The van der Waals surface area contributed by atoms with E-state index in [-0.39, 0.29) is 6.10 Å². The molecule has 0 aliphatic carbocycles. The fourth-order valence-corrected chi connectivity index (χ4v) is 2.65. The lowest BCUT2D eigenvalue weighted by Crippen LogP contribution is -2.05. The summed E-state index contributed by atoms with van der Waals surface area (Å²) in [5, 5.41) is 26.8. The van der Waals surface area contributed by atoms with E-state index in [1.165, 1.54) is 0 Å². The number of hydrogen-bond acceptors (Lipinski definition) is 5. The fourth-order valence-electron chi connectivity index (χ4n) is 2.65. The van der Waals surface area contributed by atoms with Crippen molar-refractivity contribution < 1.29 is 9.84 Å². The van der Waals surface area contributed by atoms with Gasteiger partial charge >= 0.3 is 0 Å². The molecule has 0 aliphatic heterocycles. The number of unbranched alkanes of at least 4 members (excludes halogenated alkanes) is 2. The van der Waals surface area contributed by atoms with Gasteiger partial charge in [0.15, 0.2) is 0 Å². The molecule has 2 aromatic carbocycles. The molecule has 142 valence electrons. The average Bonchev–Trinajstić information content (AvgIpc) is 2.70. The Bertz CT molecular complexity index is 734. The normalized spacial score (nSPS) is 12.0. The van der Waals surface area contributed by atoms with Crippen molar-refractivity contribution in [1.29, 1.82) is 5.26 Å². The number of aliphatic hydroxyl groups is 1. The first-order chi connectivity index (χ1) is 13.2. The first kappa shape index (κ1) is 20.6. The Labute approximate surface area is 161 Å². The van der Waals surface area contributed by atoms with Crippen LogP contribution in [0.5, 0.6) is 5.75 Å². The summed E-state index contributed by atoms with van der Waals surface area (Å²) < 4.78 is 5.74. The molecular formula is C22H27N3O2. The molecule has 0 aliphatic rings. The maximum absolute atomic E-state index is 9.69. The van der Waals surface area contributed by atoms with E-state index in [1.807, 2.05) is 24.3 Å². The van der Waals surface area contributed by atoms with Crippen LogP contribution in [0.1, 0.15) is 51.0 Å². The maximum atomic E-state index is 9.69. The lowest BCUT2D eigenvalue weighted by atomic mass is 10.1. The molecule has 0 fully saturated rings. The third kappa shape index (κ3) is 8.02. The van der Waals surface area contributed by atoms with Gasteiger partial charge in [0.25, 0.3) is 0 Å². The molecule has 0 saturated carbocycles. The van der Waals surface area contributed by atoms with Crippen molar-refractivity contribution in [2.75, 3.05) is 6.61 Å². The van der Waals surface area contributed by atoms with E-state index in [0.29, 0.717) is 17.9 Å². The van der Waals surface area contributed by atoms with Gasteiger partial charge in [0, 0.05) is 0 Å². The van der Waals surface area contributed by atoms with Gasteiger partial charge in [-0.15, -0.1) is 0 Å². The maximum Gasteiger partial charge on any atom is 0.119 e. The highest BCUT2D eigenvalue weighted by Crippen LogP contribution is 2.21. The molecule has 0 saturated heterocycles. The lowest BCUT2D eigenvalue weighted by Gasteiger charge is -2.09. The number of rotatable bonds is 11. The van der Waals surface area contributed by atoms with Crippen LogP contribution in [0, 0.1) is 11.3 Å². The Balaban J connectivity index is 1.68. The van der Waals surface area contributed by atoms with Crippen LogP contribution in [0.3, 0.4) is 0 Å². The van der Waals surface area contributed by atoms with Gasteiger partial charge in [-0.25, -0.2) is 0 Å². The first-order valence-corrected chi connectivity index (χ1v) is 9.54. The molecule has 2 aromatic rings. The van der Waals surface area contributed by atoms with Crippen LogP contribution in [0.4, 0.5) is 11.4 Å². The monoisotopic (exact) mass is 365 g/mol. The number of hydrogen-bond donors (Lipinski definition) is 1. The van der Waals surface area contributed by atoms with Crippen molar-refractivity contribution in [3.63, 3.8) is 0 Å². The molecule has 0 spiro atoms. The quantitative estimate of drug-likeness (QED) is 0.387. The predicted octanol–water partition coefficient (Wildman–Crippen LogP) is 6.07. The van der Waals surface area contributed by atoms with E-state index in [9.17, 15) is 5.11 Å². The second-order valence-corrected chi connectivity index (χ2v) is 6.49. The topological polar surface area (TPSA) is 78.0 Å². The Hall–Kier alpha value is -2.71. The Morgan fingerprint density at radius 1 is 0.926 bits per heavy atom. The fraction of sp³-hybridized carbons (Fsp3) is 0.409. The largest absolute Gasteiger partial charge is 0.494 e. The van der Waals surface area contributed by atoms with Crippen molar-refractivity contribution in [3.05, 3.63) is 54.1 Å². The zero-order chi connectivity index (χ0) is 19.3. The van der Waals surface area contributed by atoms with Crippen molar-refractivity contribution in [2.45, 2.75) is 51.6 Å². The lowest BCUT2D eigenvalue weighted by molar-refractivity contribution is 0.149. The number of aliphatic hydroxyl groups excluding tert-OH is 1. The molecular weight excluding hydrogens is 338 g/mol. The third-order valence-corrected chi connectivity index (χ3v) is 4.19. The molecule has 1 atom stereocenters. The van der Waals surface area contributed by atoms with E-state index >= 15 is 0 Å². The number of nitrogens with zero attached hydrogens (tertiary/aromatic N) is 3. The van der Waals surface area contributed by atoms with Gasteiger partial charge < -0.3 is 9.84 Å². The molecule has 27 heavy (non-hydrogen) atoms.